The number of carbonyl (C=O) groups excluding carboxylic acids is 1. The van der Waals surface area contributed by atoms with E-state index in [1.54, 1.807) is 0 Å². The number of nitrogens with one attached hydrogen (secondary N) is 1. The Kier molecular flexibility index (Phi) is 5.10. The van der Waals surface area contributed by atoms with E-state index in [4.69, 9.17) is 5.73 Å². The van der Waals surface area contributed by atoms with E-state index in [0.29, 0.717) is 0 Å². The lowest BCUT2D eigenvalue weighted by atomic mass is 10.1. The molecular formula is C13H21N3O. The fourth-order valence-corrected chi connectivity index (χ4v) is 1.60. The number of nitrogens with zero attached hydrogens (tertiary/aromatic N) is 1. The molecule has 3 N–H and O–H groups in total. The van der Waals surface area contributed by atoms with Crippen LogP contribution in [0.2, 0.25) is 0 Å². The van der Waals surface area contributed by atoms with Gasteiger partial charge in [0.15, 0.2) is 0 Å². The number of anilines is 1. The average Bonchev–Trinajstić information content (AvgIpc) is 2.29. The summed E-state index contributed by atoms with van der Waals surface area (Å²) in [5.74, 6) is -0.132. The lowest BCUT2D eigenvalue weighted by Crippen LogP contribution is -2.35. The standard InChI is InChI=1S/C13H21N3O/c1-4-5-6-11(14)13(17)16-12-8-7-9(2)15-10(12)3/h7-8,11H,4-6,14H2,1-3H3,(H,16,17)/t11-/m0/s1. The number of aryl methyl sites for hydroxylation is 2. The van der Waals surface area contributed by atoms with Gasteiger partial charge in [0.1, 0.15) is 0 Å². The molecule has 0 bridgehead atoms. The molecule has 94 valence electrons. The van der Waals surface area contributed by atoms with Gasteiger partial charge in [0.2, 0.25) is 5.91 Å². The van der Waals surface area contributed by atoms with Crippen LogP contribution in [0.4, 0.5) is 5.69 Å². The summed E-state index contributed by atoms with van der Waals surface area (Å²) in [6.07, 6.45) is 2.74. The first-order valence-corrected chi connectivity index (χ1v) is 6.05. The van der Waals surface area contributed by atoms with E-state index < -0.39 is 6.04 Å². The highest BCUT2D eigenvalue weighted by atomic mass is 16.2. The molecule has 1 atom stereocenters. The lowest BCUT2D eigenvalue weighted by molar-refractivity contribution is -0.117. The van der Waals surface area contributed by atoms with E-state index in [9.17, 15) is 4.79 Å². The van der Waals surface area contributed by atoms with Gasteiger partial charge in [0.25, 0.3) is 0 Å². The predicted molar refractivity (Wildman–Crippen MR) is 69.8 cm³/mol. The van der Waals surface area contributed by atoms with E-state index in [0.717, 1.165) is 36.3 Å². The molecule has 1 aromatic rings. The Balaban J connectivity index is 2.61. The van der Waals surface area contributed by atoms with Crippen molar-refractivity contribution in [2.45, 2.75) is 46.1 Å². The Hall–Kier alpha value is -1.42. The summed E-state index contributed by atoms with van der Waals surface area (Å²) in [7, 11) is 0. The van der Waals surface area contributed by atoms with Crippen LogP contribution in [0.3, 0.4) is 0 Å². The largest absolute Gasteiger partial charge is 0.323 e. The molecule has 1 amide bonds. The second-order valence-electron chi connectivity index (χ2n) is 4.32. The number of rotatable bonds is 5. The summed E-state index contributed by atoms with van der Waals surface area (Å²) in [4.78, 5) is 16.1. The summed E-state index contributed by atoms with van der Waals surface area (Å²) in [5, 5.41) is 2.82. The number of amides is 1. The molecule has 0 aliphatic rings. The minimum absolute atomic E-state index is 0.132. The van der Waals surface area contributed by atoms with Crippen molar-refractivity contribution in [3.63, 3.8) is 0 Å². The van der Waals surface area contributed by atoms with E-state index in [2.05, 4.69) is 17.2 Å². The number of aromatic nitrogens is 1. The molecule has 1 heterocycles. The monoisotopic (exact) mass is 235 g/mol. The third-order valence-electron chi connectivity index (χ3n) is 2.69. The molecule has 0 radical (unpaired) electrons. The van der Waals surface area contributed by atoms with Crippen molar-refractivity contribution < 1.29 is 4.79 Å². The van der Waals surface area contributed by atoms with Crippen LogP contribution < -0.4 is 11.1 Å². The van der Waals surface area contributed by atoms with Crippen LogP contribution in [0.5, 0.6) is 0 Å². The van der Waals surface area contributed by atoms with Crippen LogP contribution >= 0.6 is 0 Å². The molecule has 0 saturated carbocycles. The van der Waals surface area contributed by atoms with Crippen molar-refractivity contribution in [3.8, 4) is 0 Å². The Morgan fingerprint density at radius 2 is 2.18 bits per heavy atom. The van der Waals surface area contributed by atoms with Crippen molar-refractivity contribution >= 4 is 11.6 Å². The zero-order chi connectivity index (χ0) is 12.8. The number of carbonyl (C=O) groups is 1. The Morgan fingerprint density at radius 1 is 1.47 bits per heavy atom. The number of unbranched alkanes of at least 4 members (excludes halogenated alkanes) is 1. The van der Waals surface area contributed by atoms with Gasteiger partial charge in [-0.1, -0.05) is 19.8 Å². The smallest absolute Gasteiger partial charge is 0.241 e. The summed E-state index contributed by atoms with van der Waals surface area (Å²) >= 11 is 0. The van der Waals surface area contributed by atoms with Crippen molar-refractivity contribution in [1.82, 2.24) is 4.98 Å². The van der Waals surface area contributed by atoms with E-state index in [1.165, 1.54) is 0 Å². The highest BCUT2D eigenvalue weighted by molar-refractivity contribution is 5.95. The normalized spacial score (nSPS) is 12.2. The van der Waals surface area contributed by atoms with Crippen LogP contribution in [0, 0.1) is 13.8 Å². The second-order valence-corrected chi connectivity index (χ2v) is 4.32. The highest BCUT2D eigenvalue weighted by Crippen LogP contribution is 2.13. The zero-order valence-electron chi connectivity index (χ0n) is 10.8. The molecule has 1 aromatic heterocycles. The van der Waals surface area contributed by atoms with E-state index in [-0.39, 0.29) is 5.91 Å². The van der Waals surface area contributed by atoms with Gasteiger partial charge < -0.3 is 11.1 Å². The molecule has 0 spiro atoms. The average molecular weight is 235 g/mol. The molecule has 0 aliphatic carbocycles. The Bertz CT molecular complexity index is 390. The number of hydrogen-bond donors (Lipinski definition) is 2. The maximum atomic E-state index is 11.8. The second kappa shape index (κ2) is 6.35. The molecule has 17 heavy (non-hydrogen) atoms. The van der Waals surface area contributed by atoms with Gasteiger partial charge in [-0.3, -0.25) is 9.78 Å². The van der Waals surface area contributed by atoms with Crippen molar-refractivity contribution in [1.29, 1.82) is 0 Å². The zero-order valence-corrected chi connectivity index (χ0v) is 10.8. The summed E-state index contributed by atoms with van der Waals surface area (Å²) < 4.78 is 0. The number of pyridine rings is 1. The predicted octanol–water partition coefficient (Wildman–Crippen LogP) is 2.15. The van der Waals surface area contributed by atoms with Gasteiger partial charge in [-0.2, -0.15) is 0 Å². The number of nitrogens with two attached hydrogens (primary N) is 1. The summed E-state index contributed by atoms with van der Waals surface area (Å²) in [5.41, 5.74) is 8.30. The van der Waals surface area contributed by atoms with Crippen molar-refractivity contribution in [3.05, 3.63) is 23.5 Å². The van der Waals surface area contributed by atoms with Crippen LogP contribution in [-0.4, -0.2) is 16.9 Å². The molecular weight excluding hydrogens is 214 g/mol. The topological polar surface area (TPSA) is 68.0 Å². The molecule has 0 fully saturated rings. The fraction of sp³-hybridized carbons (Fsp3) is 0.538. The SMILES string of the molecule is CCCC[C@H](N)C(=O)Nc1ccc(C)nc1C. The maximum absolute atomic E-state index is 11.8. The van der Waals surface area contributed by atoms with Gasteiger partial charge in [-0.25, -0.2) is 0 Å². The minimum atomic E-state index is -0.435. The Morgan fingerprint density at radius 3 is 2.76 bits per heavy atom. The molecule has 4 nitrogen and oxygen atoms in total. The fourth-order valence-electron chi connectivity index (χ4n) is 1.60. The number of hydrogen-bond acceptors (Lipinski definition) is 3. The summed E-state index contributed by atoms with van der Waals surface area (Å²) in [6.45, 7) is 5.88. The van der Waals surface area contributed by atoms with Gasteiger partial charge >= 0.3 is 0 Å². The minimum Gasteiger partial charge on any atom is -0.323 e. The van der Waals surface area contributed by atoms with Crippen LogP contribution in [0.25, 0.3) is 0 Å². The molecule has 0 unspecified atom stereocenters. The van der Waals surface area contributed by atoms with Crippen LogP contribution in [0.1, 0.15) is 37.6 Å². The quantitative estimate of drug-likeness (QED) is 0.821. The van der Waals surface area contributed by atoms with Gasteiger partial charge in [0, 0.05) is 5.69 Å². The van der Waals surface area contributed by atoms with Crippen LogP contribution in [-0.2, 0) is 4.79 Å². The summed E-state index contributed by atoms with van der Waals surface area (Å²) in [6, 6.07) is 3.30. The molecule has 4 heteroatoms. The Labute approximate surface area is 103 Å². The van der Waals surface area contributed by atoms with E-state index >= 15 is 0 Å². The molecule has 1 rings (SSSR count). The van der Waals surface area contributed by atoms with Gasteiger partial charge in [-0.15, -0.1) is 0 Å². The maximum Gasteiger partial charge on any atom is 0.241 e. The van der Waals surface area contributed by atoms with Crippen molar-refractivity contribution in [2.75, 3.05) is 5.32 Å². The molecule has 0 aliphatic heterocycles. The third-order valence-corrected chi connectivity index (χ3v) is 2.69. The lowest BCUT2D eigenvalue weighted by Gasteiger charge is -2.13. The van der Waals surface area contributed by atoms with Gasteiger partial charge in [0.05, 0.1) is 17.4 Å². The van der Waals surface area contributed by atoms with Gasteiger partial charge in [-0.05, 0) is 32.4 Å². The van der Waals surface area contributed by atoms with Crippen LogP contribution in [0.15, 0.2) is 12.1 Å². The third kappa shape index (κ3) is 4.15. The van der Waals surface area contributed by atoms with E-state index in [1.807, 2.05) is 26.0 Å². The molecule has 0 aromatic carbocycles. The highest BCUT2D eigenvalue weighted by Gasteiger charge is 2.13. The first-order valence-electron chi connectivity index (χ1n) is 6.05. The first-order chi connectivity index (χ1) is 8.04. The van der Waals surface area contributed by atoms with Crippen molar-refractivity contribution in [2.24, 2.45) is 5.73 Å². The molecule has 0 saturated heterocycles. The first kappa shape index (κ1) is 13.6.